The van der Waals surface area contributed by atoms with Gasteiger partial charge in [-0.2, -0.15) is 0 Å². The topological polar surface area (TPSA) is 141 Å². The molecule has 1 unspecified atom stereocenters. The van der Waals surface area contributed by atoms with Gasteiger partial charge in [-0.15, -0.1) is 0 Å². The summed E-state index contributed by atoms with van der Waals surface area (Å²) in [6.07, 6.45) is 3.98. The van der Waals surface area contributed by atoms with Gasteiger partial charge in [-0.1, -0.05) is 12.1 Å². The first-order valence-electron chi connectivity index (χ1n) is 13.3. The van der Waals surface area contributed by atoms with E-state index >= 15 is 8.78 Å². The average molecular weight is 584 g/mol. The minimum Gasteiger partial charge on any atom is -0.469 e. The standard InChI is InChI=1S/C29H28F3N5O5/c1-41-29(40)15-3-6-18(7-4-15)35-27(38)25-20(31)10-11-37(25)28(39)24(36-22-12-17(30)5-2-16(22)13-33)19-8-9-21-26(23(19)32)42-14-34-21/h2,5,8-12,14-15,18,24,36H,3-4,6-7,13,33H2,1H3,(H,35,38). The summed E-state index contributed by atoms with van der Waals surface area (Å²) in [5, 5.41) is 5.57. The van der Waals surface area contributed by atoms with Crippen molar-refractivity contribution in [1.82, 2.24) is 14.9 Å². The Balaban J connectivity index is 1.48. The third kappa shape index (κ3) is 5.59. The Morgan fingerprint density at radius 2 is 1.88 bits per heavy atom. The van der Waals surface area contributed by atoms with Gasteiger partial charge >= 0.3 is 5.97 Å². The number of amides is 1. The van der Waals surface area contributed by atoms with Crippen LogP contribution in [0.1, 0.15) is 58.1 Å². The monoisotopic (exact) mass is 583 g/mol. The average Bonchev–Trinajstić information content (AvgIpc) is 3.63. The number of fused-ring (bicyclic) bond motifs is 1. The molecule has 5 rings (SSSR count). The zero-order valence-corrected chi connectivity index (χ0v) is 22.5. The van der Waals surface area contributed by atoms with Crippen LogP contribution in [0.15, 0.2) is 53.4 Å². The number of carbonyl (C=O) groups excluding carboxylic acids is 3. The van der Waals surface area contributed by atoms with Crippen LogP contribution in [0.5, 0.6) is 0 Å². The number of carbonyl (C=O) groups is 3. The number of ether oxygens (including phenoxy) is 1. The van der Waals surface area contributed by atoms with Crippen LogP contribution in [0, 0.1) is 23.4 Å². The second kappa shape index (κ2) is 12.1. The van der Waals surface area contributed by atoms with Gasteiger partial charge in [-0.25, -0.2) is 18.2 Å². The normalized spacial score (nSPS) is 17.5. The van der Waals surface area contributed by atoms with E-state index in [9.17, 15) is 18.8 Å². The highest BCUT2D eigenvalue weighted by Gasteiger charge is 2.33. The van der Waals surface area contributed by atoms with E-state index in [0.717, 1.165) is 29.3 Å². The van der Waals surface area contributed by atoms with Crippen LogP contribution in [0.2, 0.25) is 0 Å². The third-order valence-electron chi connectivity index (χ3n) is 7.50. The molecular weight excluding hydrogens is 555 g/mol. The van der Waals surface area contributed by atoms with E-state index in [4.69, 9.17) is 14.9 Å². The number of anilines is 1. The minimum absolute atomic E-state index is 0.0306. The largest absolute Gasteiger partial charge is 0.469 e. The second-order valence-corrected chi connectivity index (χ2v) is 10.0. The molecule has 4 aromatic rings. The lowest BCUT2D eigenvalue weighted by Crippen LogP contribution is -2.41. The molecule has 1 aliphatic carbocycles. The molecule has 1 atom stereocenters. The fourth-order valence-corrected chi connectivity index (χ4v) is 5.27. The van der Waals surface area contributed by atoms with Crippen molar-refractivity contribution in [3.05, 3.63) is 83.3 Å². The van der Waals surface area contributed by atoms with Crippen molar-refractivity contribution in [2.24, 2.45) is 11.7 Å². The van der Waals surface area contributed by atoms with Crippen LogP contribution in [-0.2, 0) is 16.1 Å². The Morgan fingerprint density at radius 3 is 2.60 bits per heavy atom. The predicted octanol–water partition coefficient (Wildman–Crippen LogP) is 4.46. The highest BCUT2D eigenvalue weighted by atomic mass is 19.1. The van der Waals surface area contributed by atoms with E-state index in [-0.39, 0.29) is 46.8 Å². The molecule has 0 radical (unpaired) electrons. The number of aromatic nitrogens is 2. The lowest BCUT2D eigenvalue weighted by Gasteiger charge is -2.28. The molecule has 220 valence electrons. The Kier molecular flexibility index (Phi) is 8.29. The van der Waals surface area contributed by atoms with Crippen molar-refractivity contribution < 1.29 is 36.7 Å². The number of rotatable bonds is 8. The van der Waals surface area contributed by atoms with Crippen LogP contribution >= 0.6 is 0 Å². The first-order chi connectivity index (χ1) is 20.2. The van der Waals surface area contributed by atoms with Crippen LogP contribution in [0.25, 0.3) is 11.1 Å². The molecule has 0 saturated heterocycles. The molecule has 10 nitrogen and oxygen atoms in total. The number of nitrogens with two attached hydrogens (primary N) is 1. The quantitative estimate of drug-likeness (QED) is 0.258. The molecule has 42 heavy (non-hydrogen) atoms. The SMILES string of the molecule is COC(=O)C1CCC(NC(=O)c2c(F)ccn2C(=O)C(Nc2cc(F)ccc2CN)c2ccc3ncoc3c2F)CC1. The summed E-state index contributed by atoms with van der Waals surface area (Å²) in [6, 6.07) is 5.45. The van der Waals surface area contributed by atoms with Crippen LogP contribution < -0.4 is 16.4 Å². The van der Waals surface area contributed by atoms with Crippen LogP contribution in [0.4, 0.5) is 18.9 Å². The maximum Gasteiger partial charge on any atom is 0.308 e. The van der Waals surface area contributed by atoms with E-state index < -0.39 is 41.0 Å². The molecule has 0 aliphatic heterocycles. The highest BCUT2D eigenvalue weighted by Crippen LogP contribution is 2.31. The first-order valence-corrected chi connectivity index (χ1v) is 13.3. The lowest BCUT2D eigenvalue weighted by atomic mass is 9.86. The van der Waals surface area contributed by atoms with Gasteiger partial charge in [-0.05, 0) is 55.5 Å². The maximum atomic E-state index is 15.7. The summed E-state index contributed by atoms with van der Waals surface area (Å²) in [5.74, 6) is -4.91. The smallest absolute Gasteiger partial charge is 0.308 e. The number of hydrogen-bond donors (Lipinski definition) is 3. The molecule has 2 heterocycles. The molecule has 2 aromatic heterocycles. The van der Waals surface area contributed by atoms with Crippen molar-refractivity contribution in [1.29, 1.82) is 0 Å². The number of benzene rings is 2. The zero-order chi connectivity index (χ0) is 30.0. The number of esters is 1. The molecule has 4 N–H and O–H groups in total. The van der Waals surface area contributed by atoms with Gasteiger partial charge in [0.25, 0.3) is 11.8 Å². The van der Waals surface area contributed by atoms with E-state index in [1.54, 1.807) is 0 Å². The Bertz CT molecular complexity index is 1640. The van der Waals surface area contributed by atoms with E-state index in [2.05, 4.69) is 15.6 Å². The van der Waals surface area contributed by atoms with Gasteiger partial charge < -0.3 is 25.5 Å². The van der Waals surface area contributed by atoms with Crippen molar-refractivity contribution >= 4 is 34.6 Å². The number of nitrogens with one attached hydrogen (secondary N) is 2. The third-order valence-corrected chi connectivity index (χ3v) is 7.50. The summed E-state index contributed by atoms with van der Waals surface area (Å²) in [5.41, 5.74) is 5.52. The Hall–Kier alpha value is -4.65. The van der Waals surface area contributed by atoms with Gasteiger partial charge in [0, 0.05) is 30.0 Å². The summed E-state index contributed by atoms with van der Waals surface area (Å²) in [4.78, 5) is 43.0. The van der Waals surface area contributed by atoms with Crippen molar-refractivity contribution in [3.8, 4) is 0 Å². The van der Waals surface area contributed by atoms with Crippen molar-refractivity contribution in [3.63, 3.8) is 0 Å². The molecular formula is C29H28F3N5O5. The number of oxazole rings is 1. The van der Waals surface area contributed by atoms with Crippen LogP contribution in [-0.4, -0.2) is 40.5 Å². The molecule has 1 fully saturated rings. The Labute approximate surface area is 238 Å². The second-order valence-electron chi connectivity index (χ2n) is 10.0. The fourth-order valence-electron chi connectivity index (χ4n) is 5.27. The van der Waals surface area contributed by atoms with Gasteiger partial charge in [0.15, 0.2) is 23.6 Å². The van der Waals surface area contributed by atoms with Crippen LogP contribution in [0.3, 0.4) is 0 Å². The number of halogens is 3. The first kappa shape index (κ1) is 28.9. The molecule has 1 saturated carbocycles. The van der Waals surface area contributed by atoms with Gasteiger partial charge in [-0.3, -0.25) is 19.0 Å². The maximum absolute atomic E-state index is 15.7. The highest BCUT2D eigenvalue weighted by molar-refractivity contribution is 6.00. The number of methoxy groups -OCH3 is 1. The molecule has 2 aromatic carbocycles. The van der Waals surface area contributed by atoms with Crippen molar-refractivity contribution in [2.45, 2.75) is 44.3 Å². The summed E-state index contributed by atoms with van der Waals surface area (Å²) in [6.45, 7) is -0.0306. The van der Waals surface area contributed by atoms with Gasteiger partial charge in [0.2, 0.25) is 0 Å². The lowest BCUT2D eigenvalue weighted by molar-refractivity contribution is -0.146. The van der Waals surface area contributed by atoms with Gasteiger partial charge in [0.05, 0.1) is 13.0 Å². The summed E-state index contributed by atoms with van der Waals surface area (Å²) >= 11 is 0. The number of nitrogens with zero attached hydrogens (tertiary/aromatic N) is 2. The number of hydrogen-bond acceptors (Lipinski definition) is 8. The summed E-state index contributed by atoms with van der Waals surface area (Å²) < 4.78 is 55.6. The molecule has 13 heteroatoms. The van der Waals surface area contributed by atoms with E-state index in [1.165, 1.54) is 31.4 Å². The Morgan fingerprint density at radius 1 is 1.12 bits per heavy atom. The van der Waals surface area contributed by atoms with Crippen molar-refractivity contribution in [2.75, 3.05) is 12.4 Å². The summed E-state index contributed by atoms with van der Waals surface area (Å²) in [7, 11) is 1.31. The van der Waals surface area contributed by atoms with Gasteiger partial charge in [0.1, 0.15) is 23.1 Å². The van der Waals surface area contributed by atoms with E-state index in [1.807, 2.05) is 0 Å². The molecule has 0 bridgehead atoms. The molecule has 1 aliphatic rings. The molecule has 1 amide bonds. The predicted molar refractivity (Wildman–Crippen MR) is 145 cm³/mol. The minimum atomic E-state index is -1.57. The molecule has 0 spiro atoms. The zero-order valence-electron chi connectivity index (χ0n) is 22.5. The van der Waals surface area contributed by atoms with E-state index in [0.29, 0.717) is 31.2 Å². The fraction of sp³-hybridized carbons (Fsp3) is 0.310.